The predicted molar refractivity (Wildman–Crippen MR) is 124 cm³/mol. The second-order valence-electron chi connectivity index (χ2n) is 7.27. The Labute approximate surface area is 192 Å². The first kappa shape index (κ1) is 21.7. The summed E-state index contributed by atoms with van der Waals surface area (Å²) in [4.78, 5) is 13.5. The second-order valence-corrected chi connectivity index (χ2v) is 7.68. The van der Waals surface area contributed by atoms with Crippen LogP contribution in [0.4, 0.5) is 0 Å². The smallest absolute Gasteiger partial charge is 0.276 e. The molecule has 6 nitrogen and oxygen atoms in total. The summed E-state index contributed by atoms with van der Waals surface area (Å²) in [6.45, 7) is 0. The summed E-state index contributed by atoms with van der Waals surface area (Å²) in [5, 5.41) is 6.62. The van der Waals surface area contributed by atoms with E-state index in [9.17, 15) is 4.79 Å². The molecule has 1 amide bonds. The largest absolute Gasteiger partial charge is 0.497 e. The lowest BCUT2D eigenvalue weighted by molar-refractivity contribution is 0.0711. The predicted octanol–water partition coefficient (Wildman–Crippen LogP) is 5.36. The van der Waals surface area contributed by atoms with Crippen LogP contribution in [0.15, 0.2) is 71.8 Å². The van der Waals surface area contributed by atoms with Crippen LogP contribution in [0.5, 0.6) is 17.2 Å². The highest BCUT2D eigenvalue weighted by atomic mass is 35.5. The molecule has 4 rings (SSSR count). The maximum Gasteiger partial charge on any atom is 0.276 e. The van der Waals surface area contributed by atoms with Crippen LogP contribution in [-0.2, 0) is 0 Å². The zero-order chi connectivity index (χ0) is 22.7. The highest BCUT2D eigenvalue weighted by Crippen LogP contribution is 2.36. The second kappa shape index (κ2) is 9.32. The zero-order valence-corrected chi connectivity index (χ0v) is 18.8. The molecule has 3 aromatic carbocycles. The van der Waals surface area contributed by atoms with Crippen LogP contribution in [0.25, 0.3) is 0 Å². The van der Waals surface area contributed by atoms with Gasteiger partial charge in [0, 0.05) is 18.1 Å². The van der Waals surface area contributed by atoms with E-state index in [1.165, 1.54) is 5.01 Å². The number of hydrogen-bond donors (Lipinski definition) is 0. The van der Waals surface area contributed by atoms with Gasteiger partial charge in [0.25, 0.3) is 5.91 Å². The van der Waals surface area contributed by atoms with Gasteiger partial charge in [-0.1, -0.05) is 35.9 Å². The lowest BCUT2D eigenvalue weighted by Gasteiger charge is -2.22. The number of carbonyl (C=O) groups is 1. The first-order chi connectivity index (χ1) is 15.5. The van der Waals surface area contributed by atoms with Crippen LogP contribution in [0, 0.1) is 0 Å². The van der Waals surface area contributed by atoms with Gasteiger partial charge in [-0.2, -0.15) is 5.10 Å². The number of hydrazone groups is 1. The summed E-state index contributed by atoms with van der Waals surface area (Å²) in [6.07, 6.45) is 0.527. The van der Waals surface area contributed by atoms with Crippen molar-refractivity contribution in [2.45, 2.75) is 12.5 Å². The molecule has 1 aliphatic rings. The van der Waals surface area contributed by atoms with Crippen LogP contribution < -0.4 is 14.2 Å². The fourth-order valence-electron chi connectivity index (χ4n) is 3.69. The van der Waals surface area contributed by atoms with Crippen molar-refractivity contribution in [3.8, 4) is 17.2 Å². The van der Waals surface area contributed by atoms with Gasteiger partial charge in [0.05, 0.1) is 43.7 Å². The molecule has 0 radical (unpaired) electrons. The Hall–Kier alpha value is -3.51. The number of rotatable bonds is 6. The van der Waals surface area contributed by atoms with Crippen molar-refractivity contribution in [1.82, 2.24) is 5.01 Å². The molecule has 0 fully saturated rings. The maximum atomic E-state index is 13.5. The summed E-state index contributed by atoms with van der Waals surface area (Å²) in [5.41, 5.74) is 2.93. The summed E-state index contributed by atoms with van der Waals surface area (Å²) in [6, 6.07) is 19.9. The molecule has 0 aromatic heterocycles. The van der Waals surface area contributed by atoms with Crippen molar-refractivity contribution >= 4 is 23.2 Å². The number of nitrogens with zero attached hydrogens (tertiary/aromatic N) is 2. The molecule has 0 unspecified atom stereocenters. The number of methoxy groups -OCH3 is 3. The van der Waals surface area contributed by atoms with Gasteiger partial charge in [-0.15, -0.1) is 0 Å². The standard InChI is InChI=1S/C25H23ClN2O4/c1-30-18-10-8-16(9-11-18)24-15-23(17-12-19(31-2)14-20(13-17)32-3)27-28(24)25(29)21-6-4-5-7-22(21)26/h4-14,24H,15H2,1-3H3/t24-/m0/s1. The van der Waals surface area contributed by atoms with Crippen LogP contribution in [0.2, 0.25) is 5.02 Å². The maximum absolute atomic E-state index is 13.5. The lowest BCUT2D eigenvalue weighted by Crippen LogP contribution is -2.27. The Balaban J connectivity index is 1.77. The molecule has 0 spiro atoms. The van der Waals surface area contributed by atoms with E-state index in [1.807, 2.05) is 36.4 Å². The fourth-order valence-corrected chi connectivity index (χ4v) is 3.91. The van der Waals surface area contributed by atoms with E-state index in [2.05, 4.69) is 0 Å². The van der Waals surface area contributed by atoms with Gasteiger partial charge in [0.2, 0.25) is 0 Å². The molecule has 7 heteroatoms. The molecule has 0 aliphatic carbocycles. The van der Waals surface area contributed by atoms with Crippen LogP contribution >= 0.6 is 11.6 Å². The van der Waals surface area contributed by atoms with E-state index < -0.39 is 0 Å². The molecule has 0 bridgehead atoms. The van der Waals surface area contributed by atoms with Crippen LogP contribution in [0.3, 0.4) is 0 Å². The van der Waals surface area contributed by atoms with Crippen molar-refractivity contribution in [3.63, 3.8) is 0 Å². The average molecular weight is 451 g/mol. The highest BCUT2D eigenvalue weighted by Gasteiger charge is 2.34. The number of hydrogen-bond acceptors (Lipinski definition) is 5. The first-order valence-corrected chi connectivity index (χ1v) is 10.4. The molecule has 1 atom stereocenters. The minimum absolute atomic E-state index is 0.263. The quantitative estimate of drug-likeness (QED) is 0.507. The van der Waals surface area contributed by atoms with Crippen molar-refractivity contribution in [1.29, 1.82) is 0 Å². The summed E-state index contributed by atoms with van der Waals surface area (Å²) >= 11 is 6.32. The number of benzene rings is 3. The topological polar surface area (TPSA) is 60.4 Å². The third-order valence-corrected chi connectivity index (χ3v) is 5.74. The van der Waals surface area contributed by atoms with Gasteiger partial charge in [0.1, 0.15) is 17.2 Å². The monoisotopic (exact) mass is 450 g/mol. The Morgan fingerprint density at radius 2 is 1.53 bits per heavy atom. The molecule has 1 heterocycles. The van der Waals surface area contributed by atoms with Gasteiger partial charge >= 0.3 is 0 Å². The third-order valence-electron chi connectivity index (χ3n) is 5.41. The molecular formula is C25H23ClN2O4. The number of amides is 1. The van der Waals surface area contributed by atoms with E-state index in [1.54, 1.807) is 51.7 Å². The Morgan fingerprint density at radius 3 is 2.12 bits per heavy atom. The zero-order valence-electron chi connectivity index (χ0n) is 18.0. The minimum atomic E-state index is -0.295. The molecule has 164 valence electrons. The Bertz CT molecular complexity index is 1140. The lowest BCUT2D eigenvalue weighted by atomic mass is 9.97. The van der Waals surface area contributed by atoms with Gasteiger partial charge in [-0.05, 0) is 42.0 Å². The number of carbonyl (C=O) groups excluding carboxylic acids is 1. The molecule has 0 N–H and O–H groups in total. The van der Waals surface area contributed by atoms with E-state index >= 15 is 0 Å². The fraction of sp³-hybridized carbons (Fsp3) is 0.200. The molecule has 0 saturated carbocycles. The van der Waals surface area contributed by atoms with Gasteiger partial charge < -0.3 is 14.2 Å². The Morgan fingerprint density at radius 1 is 0.906 bits per heavy atom. The minimum Gasteiger partial charge on any atom is -0.497 e. The summed E-state index contributed by atoms with van der Waals surface area (Å²) in [7, 11) is 4.82. The van der Waals surface area contributed by atoms with Crippen molar-refractivity contribution in [3.05, 3.63) is 88.4 Å². The highest BCUT2D eigenvalue weighted by molar-refractivity contribution is 6.33. The summed E-state index contributed by atoms with van der Waals surface area (Å²) < 4.78 is 16.1. The third kappa shape index (κ3) is 4.27. The SMILES string of the molecule is COc1ccc([C@@H]2CC(c3cc(OC)cc(OC)c3)=NN2C(=O)c2ccccc2Cl)cc1. The van der Waals surface area contributed by atoms with E-state index in [-0.39, 0.29) is 11.9 Å². The summed E-state index contributed by atoms with van der Waals surface area (Å²) in [5.74, 6) is 1.79. The molecule has 3 aromatic rings. The molecule has 32 heavy (non-hydrogen) atoms. The van der Waals surface area contributed by atoms with Crippen molar-refractivity contribution in [2.24, 2.45) is 5.10 Å². The van der Waals surface area contributed by atoms with Gasteiger partial charge in [0.15, 0.2) is 0 Å². The average Bonchev–Trinajstić information content (AvgIpc) is 3.29. The Kier molecular flexibility index (Phi) is 6.32. The first-order valence-electron chi connectivity index (χ1n) is 10.1. The van der Waals surface area contributed by atoms with E-state index in [0.29, 0.717) is 28.5 Å². The van der Waals surface area contributed by atoms with Crippen LogP contribution in [0.1, 0.15) is 33.9 Å². The van der Waals surface area contributed by atoms with Crippen molar-refractivity contribution < 1.29 is 19.0 Å². The van der Waals surface area contributed by atoms with E-state index in [0.717, 1.165) is 22.6 Å². The van der Waals surface area contributed by atoms with E-state index in [4.69, 9.17) is 30.9 Å². The molecular weight excluding hydrogens is 428 g/mol. The van der Waals surface area contributed by atoms with Gasteiger partial charge in [-0.3, -0.25) is 4.79 Å². The number of ether oxygens (including phenoxy) is 3. The molecule has 0 saturated heterocycles. The van der Waals surface area contributed by atoms with Crippen LogP contribution in [-0.4, -0.2) is 38.0 Å². The number of halogens is 1. The normalized spacial score (nSPS) is 15.3. The van der Waals surface area contributed by atoms with Gasteiger partial charge in [-0.25, -0.2) is 5.01 Å². The van der Waals surface area contributed by atoms with Crippen molar-refractivity contribution in [2.75, 3.05) is 21.3 Å². The molecule has 1 aliphatic heterocycles.